The molecule has 0 aliphatic heterocycles. The van der Waals surface area contributed by atoms with E-state index >= 15 is 0 Å². The molecular formula is C25H23F3N4O2S. The zero-order valence-electron chi connectivity index (χ0n) is 18.9. The number of nitrogens with zero attached hydrogens (tertiary/aromatic N) is 3. The summed E-state index contributed by atoms with van der Waals surface area (Å²) in [5.41, 5.74) is 2.61. The number of aromatic nitrogens is 3. The quantitative estimate of drug-likeness (QED) is 0.492. The summed E-state index contributed by atoms with van der Waals surface area (Å²) in [7, 11) is 0. The number of alkyl halides is 2. The highest BCUT2D eigenvalue weighted by Crippen LogP contribution is 2.37. The number of hydrogen-bond donors (Lipinski definition) is 1. The first-order valence-corrected chi connectivity index (χ1v) is 11.7. The lowest BCUT2D eigenvalue weighted by Crippen LogP contribution is -2.56. The van der Waals surface area contributed by atoms with Crippen molar-refractivity contribution in [3.8, 4) is 22.8 Å². The monoisotopic (exact) mass is 500 g/mol. The van der Waals surface area contributed by atoms with E-state index in [1.165, 1.54) is 24.3 Å². The van der Waals surface area contributed by atoms with E-state index in [2.05, 4.69) is 15.0 Å². The smallest absolute Gasteiger partial charge is 0.387 e. The molecule has 1 atom stereocenters. The molecule has 0 saturated heterocycles. The molecule has 3 aromatic rings. The molecule has 2 aromatic heterocycles. The van der Waals surface area contributed by atoms with Gasteiger partial charge in [-0.1, -0.05) is 24.4 Å². The van der Waals surface area contributed by atoms with E-state index in [0.717, 1.165) is 22.3 Å². The van der Waals surface area contributed by atoms with Crippen LogP contribution in [-0.2, 0) is 17.6 Å². The molecule has 1 unspecified atom stereocenters. The lowest BCUT2D eigenvalue weighted by atomic mass is 9.77. The minimum atomic E-state index is -2.94. The summed E-state index contributed by atoms with van der Waals surface area (Å²) in [6, 6.07) is 9.16. The maximum absolute atomic E-state index is 13.5. The van der Waals surface area contributed by atoms with Crippen LogP contribution in [0.25, 0.3) is 17.1 Å². The van der Waals surface area contributed by atoms with Gasteiger partial charge in [0.1, 0.15) is 11.6 Å². The number of hydrogen-bond acceptors (Lipinski definition) is 5. The van der Waals surface area contributed by atoms with Gasteiger partial charge in [0.05, 0.1) is 17.6 Å². The molecular weight excluding hydrogens is 477 g/mol. The number of carbonyl (C=O) groups excluding carboxylic acids is 1. The Morgan fingerprint density at radius 2 is 2.09 bits per heavy atom. The summed E-state index contributed by atoms with van der Waals surface area (Å²) in [5, 5.41) is 7.87. The number of ether oxygens (including phenoxy) is 1. The summed E-state index contributed by atoms with van der Waals surface area (Å²) in [5.74, 6) is -0.345. The highest BCUT2D eigenvalue weighted by atomic mass is 32.1. The van der Waals surface area contributed by atoms with Crippen molar-refractivity contribution in [3.63, 3.8) is 0 Å². The third-order valence-corrected chi connectivity index (χ3v) is 6.79. The fraction of sp³-hybridized carbons (Fsp3) is 0.360. The lowest BCUT2D eigenvalue weighted by molar-refractivity contribution is -0.127. The minimum absolute atomic E-state index is 0.0282. The molecule has 0 radical (unpaired) electrons. The summed E-state index contributed by atoms with van der Waals surface area (Å²) < 4.78 is 45.2. The number of amides is 1. The van der Waals surface area contributed by atoms with E-state index < -0.39 is 12.4 Å². The maximum Gasteiger partial charge on any atom is 0.387 e. The average molecular weight is 501 g/mol. The molecule has 1 aromatic carbocycles. The van der Waals surface area contributed by atoms with Crippen molar-refractivity contribution < 1.29 is 22.7 Å². The Bertz CT molecular complexity index is 1280. The van der Waals surface area contributed by atoms with Crippen molar-refractivity contribution in [3.05, 3.63) is 59.7 Å². The van der Waals surface area contributed by atoms with Crippen molar-refractivity contribution in [1.82, 2.24) is 20.1 Å². The number of benzene rings is 1. The molecule has 0 spiro atoms. The Hall–Kier alpha value is -3.27. The topological polar surface area (TPSA) is 69.0 Å². The SMILES string of the molecule is CC1(NC(=O)C2CCc3c(-c4cccc(OC(F)F)c4)nn(-c4ccc(F)cn4)c3C2)CC(=S)C1. The van der Waals surface area contributed by atoms with Gasteiger partial charge in [0.15, 0.2) is 5.82 Å². The highest BCUT2D eigenvalue weighted by molar-refractivity contribution is 7.80. The van der Waals surface area contributed by atoms with Gasteiger partial charge in [-0.3, -0.25) is 4.79 Å². The first-order valence-electron chi connectivity index (χ1n) is 11.3. The molecule has 1 fully saturated rings. The Morgan fingerprint density at radius 1 is 1.29 bits per heavy atom. The number of halogens is 3. The number of carbonyl (C=O) groups is 1. The average Bonchev–Trinajstić information content (AvgIpc) is 3.17. The van der Waals surface area contributed by atoms with Crippen molar-refractivity contribution in [2.24, 2.45) is 5.92 Å². The van der Waals surface area contributed by atoms with Crippen LogP contribution in [0.4, 0.5) is 13.2 Å². The second kappa shape index (κ2) is 9.07. The lowest BCUT2D eigenvalue weighted by Gasteiger charge is -2.41. The number of thiocarbonyl (C=S) groups is 1. The molecule has 2 aliphatic rings. The van der Waals surface area contributed by atoms with Crippen molar-refractivity contribution in [1.29, 1.82) is 0 Å². The van der Waals surface area contributed by atoms with Crippen molar-refractivity contribution in [2.75, 3.05) is 0 Å². The third kappa shape index (κ3) is 4.80. The molecule has 0 bridgehead atoms. The molecule has 1 saturated carbocycles. The van der Waals surface area contributed by atoms with Gasteiger partial charge in [0.25, 0.3) is 0 Å². The summed E-state index contributed by atoms with van der Waals surface area (Å²) in [4.78, 5) is 18.2. The van der Waals surface area contributed by atoms with Crippen LogP contribution in [0.15, 0.2) is 42.6 Å². The number of fused-ring (bicyclic) bond motifs is 1. The van der Waals surface area contributed by atoms with Gasteiger partial charge in [-0.25, -0.2) is 14.1 Å². The third-order valence-electron chi connectivity index (χ3n) is 6.50. The first-order chi connectivity index (χ1) is 16.7. The van der Waals surface area contributed by atoms with E-state index in [1.54, 1.807) is 16.8 Å². The van der Waals surface area contributed by atoms with Crippen LogP contribution in [-0.4, -0.2) is 37.7 Å². The van der Waals surface area contributed by atoms with Gasteiger partial charge in [0, 0.05) is 41.8 Å². The number of rotatable bonds is 6. The number of pyridine rings is 1. The van der Waals surface area contributed by atoms with Crippen LogP contribution < -0.4 is 10.1 Å². The van der Waals surface area contributed by atoms with E-state index in [9.17, 15) is 18.0 Å². The second-order valence-corrected chi connectivity index (χ2v) is 9.89. The largest absolute Gasteiger partial charge is 0.435 e. The summed E-state index contributed by atoms with van der Waals surface area (Å²) >= 11 is 5.21. The van der Waals surface area contributed by atoms with Crippen LogP contribution in [0.5, 0.6) is 5.75 Å². The first kappa shape index (κ1) is 23.5. The molecule has 1 amide bonds. The standard InChI is InChI=1S/C25H23F3N4O2S/c1-25(11-18(35)12-25)30-23(33)15-5-7-19-20(10-15)32(21-8-6-16(26)13-29-21)31-22(19)14-3-2-4-17(9-14)34-24(27)28/h2-4,6,8-9,13,15,24H,5,7,10-12H2,1H3,(H,30,33). The normalized spacial score (nSPS) is 18.7. The molecule has 10 heteroatoms. The molecule has 6 nitrogen and oxygen atoms in total. The summed E-state index contributed by atoms with van der Waals surface area (Å²) in [6.45, 7) is -0.944. The Labute approximate surface area is 205 Å². The van der Waals surface area contributed by atoms with Gasteiger partial charge in [-0.05, 0) is 48.9 Å². The maximum atomic E-state index is 13.5. The Balaban J connectivity index is 1.50. The van der Waals surface area contributed by atoms with Crippen LogP contribution in [0.2, 0.25) is 0 Å². The fourth-order valence-electron chi connectivity index (χ4n) is 4.88. The number of nitrogens with one attached hydrogen (secondary N) is 1. The van der Waals surface area contributed by atoms with Crippen LogP contribution in [0.3, 0.4) is 0 Å². The van der Waals surface area contributed by atoms with Crippen LogP contribution >= 0.6 is 12.2 Å². The van der Waals surface area contributed by atoms with Gasteiger partial charge in [0.2, 0.25) is 5.91 Å². The van der Waals surface area contributed by atoms with E-state index in [4.69, 9.17) is 17.3 Å². The van der Waals surface area contributed by atoms with E-state index in [0.29, 0.717) is 49.2 Å². The van der Waals surface area contributed by atoms with Crippen LogP contribution in [0.1, 0.15) is 37.4 Å². The minimum Gasteiger partial charge on any atom is -0.435 e. The highest BCUT2D eigenvalue weighted by Gasteiger charge is 2.40. The molecule has 5 rings (SSSR count). The van der Waals surface area contributed by atoms with E-state index in [-0.39, 0.29) is 23.1 Å². The Kier molecular flexibility index (Phi) is 6.08. The molecule has 35 heavy (non-hydrogen) atoms. The predicted molar refractivity (Wildman–Crippen MR) is 127 cm³/mol. The predicted octanol–water partition coefficient (Wildman–Crippen LogP) is 4.82. The Morgan fingerprint density at radius 3 is 2.77 bits per heavy atom. The van der Waals surface area contributed by atoms with Crippen molar-refractivity contribution >= 4 is 23.0 Å². The van der Waals surface area contributed by atoms with Gasteiger partial charge in [-0.2, -0.15) is 13.9 Å². The molecule has 1 N–H and O–H groups in total. The molecule has 2 aliphatic carbocycles. The fourth-order valence-corrected chi connectivity index (χ4v) is 5.51. The van der Waals surface area contributed by atoms with Crippen LogP contribution in [0, 0.1) is 11.7 Å². The zero-order chi connectivity index (χ0) is 24.7. The molecule has 2 heterocycles. The molecule has 182 valence electrons. The summed E-state index contributed by atoms with van der Waals surface area (Å²) in [6.07, 6.45) is 4.10. The van der Waals surface area contributed by atoms with Gasteiger partial charge in [-0.15, -0.1) is 0 Å². The zero-order valence-corrected chi connectivity index (χ0v) is 19.7. The van der Waals surface area contributed by atoms with Gasteiger partial charge >= 0.3 is 6.61 Å². The van der Waals surface area contributed by atoms with Gasteiger partial charge < -0.3 is 10.1 Å². The van der Waals surface area contributed by atoms with Crippen molar-refractivity contribution in [2.45, 2.75) is 51.2 Å². The second-order valence-electron chi connectivity index (χ2n) is 9.31. The van der Waals surface area contributed by atoms with E-state index in [1.807, 2.05) is 6.92 Å².